The molecule has 0 radical (unpaired) electrons. The summed E-state index contributed by atoms with van der Waals surface area (Å²) in [7, 11) is 0. The van der Waals surface area contributed by atoms with Crippen molar-refractivity contribution >= 4 is 12.6 Å². The Hall–Kier alpha value is -2.67. The maximum atomic E-state index is 12.6. The summed E-state index contributed by atoms with van der Waals surface area (Å²) in [4.78, 5) is 26.5. The lowest BCUT2D eigenvalue weighted by Gasteiger charge is -2.34. The van der Waals surface area contributed by atoms with Gasteiger partial charge in [0.05, 0.1) is 0 Å². The van der Waals surface area contributed by atoms with E-state index in [4.69, 9.17) is 9.25 Å². The molecule has 1 aromatic carbocycles. The highest BCUT2D eigenvalue weighted by Gasteiger charge is 2.29. The van der Waals surface area contributed by atoms with E-state index in [1.54, 1.807) is 6.92 Å². The second kappa shape index (κ2) is 8.78. The molecule has 1 aromatic heterocycles. The van der Waals surface area contributed by atoms with Gasteiger partial charge in [-0.1, -0.05) is 23.4 Å². The Kier molecular flexibility index (Phi) is 5.94. The topological polar surface area (TPSA) is 71.2 Å². The van der Waals surface area contributed by atoms with Crippen LogP contribution in [0.5, 0.6) is 5.75 Å². The zero-order valence-electron chi connectivity index (χ0n) is 17.0. The zero-order chi connectivity index (χ0) is 20.2. The number of para-hydroxylation sites is 1. The van der Waals surface area contributed by atoms with Gasteiger partial charge in [-0.25, -0.2) is 4.98 Å². The van der Waals surface area contributed by atoms with Crippen LogP contribution in [0.2, 0.25) is 0 Å². The van der Waals surface area contributed by atoms with E-state index in [1.807, 2.05) is 23.1 Å². The predicted octanol–water partition coefficient (Wildman–Crippen LogP) is 2.93. The Morgan fingerprint density at radius 2 is 2.03 bits per heavy atom. The van der Waals surface area contributed by atoms with Crippen molar-refractivity contribution < 1.29 is 14.0 Å². The van der Waals surface area contributed by atoms with E-state index >= 15 is 0 Å². The highest BCUT2D eigenvalue weighted by molar-refractivity contribution is 5.94. The van der Waals surface area contributed by atoms with Gasteiger partial charge in [-0.2, -0.15) is 0 Å². The summed E-state index contributed by atoms with van der Waals surface area (Å²) in [5, 5.41) is 3.56. The normalized spacial score (nSPS) is 18.0. The third-order valence-electron chi connectivity index (χ3n) is 5.94. The summed E-state index contributed by atoms with van der Waals surface area (Å²) in [6, 6.07) is 8.04. The molecule has 2 aliphatic rings. The average Bonchev–Trinajstić information content (AvgIpc) is 3.12. The van der Waals surface area contributed by atoms with E-state index in [0.717, 1.165) is 63.4 Å². The fraction of sp³-hybridized carbons (Fsp3) is 0.500. The highest BCUT2D eigenvalue weighted by atomic mass is 16.6. The molecule has 7 heteroatoms. The average molecular weight is 396 g/mol. The van der Waals surface area contributed by atoms with Crippen molar-refractivity contribution in [3.8, 4) is 5.75 Å². The number of fused-ring (bicyclic) bond motifs is 1. The van der Waals surface area contributed by atoms with Crippen LogP contribution in [-0.2, 0) is 12.8 Å². The van der Waals surface area contributed by atoms with Gasteiger partial charge in [0.2, 0.25) is 0 Å². The summed E-state index contributed by atoms with van der Waals surface area (Å²) in [6.45, 7) is 9.69. The third-order valence-corrected chi connectivity index (χ3v) is 5.94. The number of carbonyl (C=O) groups excluding carboxylic acids is 1. The molecule has 154 valence electrons. The number of oxime groups is 1. The molecule has 29 heavy (non-hydrogen) atoms. The number of nitrogens with zero attached hydrogens (tertiary/aromatic N) is 4. The van der Waals surface area contributed by atoms with Gasteiger partial charge >= 0.3 is 0 Å². The van der Waals surface area contributed by atoms with Crippen LogP contribution in [0.25, 0.3) is 0 Å². The van der Waals surface area contributed by atoms with E-state index in [0.29, 0.717) is 24.0 Å². The van der Waals surface area contributed by atoms with E-state index in [-0.39, 0.29) is 5.91 Å². The van der Waals surface area contributed by atoms with Crippen molar-refractivity contribution in [1.29, 1.82) is 0 Å². The van der Waals surface area contributed by atoms with Crippen LogP contribution in [0.1, 0.15) is 40.5 Å². The number of hydrogen-bond donors (Lipinski definition) is 0. The number of aromatic nitrogens is 1. The molecule has 1 amide bonds. The van der Waals surface area contributed by atoms with Crippen molar-refractivity contribution in [2.45, 2.75) is 32.6 Å². The molecule has 1 fully saturated rings. The Morgan fingerprint density at radius 1 is 1.24 bits per heavy atom. The van der Waals surface area contributed by atoms with Crippen LogP contribution < -0.4 is 4.84 Å². The Morgan fingerprint density at radius 3 is 2.83 bits per heavy atom. The van der Waals surface area contributed by atoms with E-state index in [9.17, 15) is 4.79 Å². The monoisotopic (exact) mass is 396 g/mol. The molecule has 7 nitrogen and oxygen atoms in total. The number of piperidine rings is 1. The lowest BCUT2D eigenvalue weighted by atomic mass is 9.90. The first-order chi connectivity index (χ1) is 14.1. The van der Waals surface area contributed by atoms with E-state index < -0.39 is 0 Å². The smallest absolute Gasteiger partial charge is 0.276 e. The number of hydrogen-bond acceptors (Lipinski definition) is 6. The van der Waals surface area contributed by atoms with Gasteiger partial charge in [-0.3, -0.25) is 4.79 Å². The molecule has 1 saturated heterocycles. The van der Waals surface area contributed by atoms with Crippen molar-refractivity contribution in [3.63, 3.8) is 0 Å². The minimum Gasteiger partial charge on any atom is -0.445 e. The van der Waals surface area contributed by atoms with E-state index in [1.165, 1.54) is 5.56 Å². The fourth-order valence-corrected chi connectivity index (χ4v) is 4.33. The zero-order valence-corrected chi connectivity index (χ0v) is 17.0. The van der Waals surface area contributed by atoms with Crippen molar-refractivity contribution in [2.24, 2.45) is 11.1 Å². The minimum absolute atomic E-state index is 0.00502. The Labute approximate surface area is 171 Å². The van der Waals surface area contributed by atoms with Crippen LogP contribution in [0.15, 0.2) is 33.8 Å². The summed E-state index contributed by atoms with van der Waals surface area (Å²) in [5.74, 6) is 2.75. The molecule has 2 aromatic rings. The van der Waals surface area contributed by atoms with Gasteiger partial charge in [0.1, 0.15) is 5.76 Å². The molecule has 0 bridgehead atoms. The number of aryl methyl sites for hydroxylation is 1. The number of oxazole rings is 1. The van der Waals surface area contributed by atoms with Crippen molar-refractivity contribution in [3.05, 3.63) is 47.2 Å². The molecule has 0 atom stereocenters. The lowest BCUT2D eigenvalue weighted by molar-refractivity contribution is 0.0693. The van der Waals surface area contributed by atoms with Crippen LogP contribution in [-0.4, -0.2) is 60.1 Å². The van der Waals surface area contributed by atoms with Crippen LogP contribution in [0, 0.1) is 12.8 Å². The quantitative estimate of drug-likeness (QED) is 0.532. The predicted molar refractivity (Wildman–Crippen MR) is 110 cm³/mol. The maximum absolute atomic E-state index is 12.6. The molecule has 0 saturated carbocycles. The largest absolute Gasteiger partial charge is 0.445 e. The molecule has 3 heterocycles. The fourth-order valence-electron chi connectivity index (χ4n) is 4.33. The van der Waals surface area contributed by atoms with Gasteiger partial charge < -0.3 is 19.1 Å². The molecule has 2 aliphatic heterocycles. The van der Waals surface area contributed by atoms with Crippen LogP contribution >= 0.6 is 0 Å². The molecule has 0 unspecified atom stereocenters. The first-order valence-electron chi connectivity index (χ1n) is 10.3. The van der Waals surface area contributed by atoms with Crippen molar-refractivity contribution in [1.82, 2.24) is 14.8 Å². The third kappa shape index (κ3) is 4.50. The number of amides is 1. The maximum Gasteiger partial charge on any atom is 0.276 e. The number of likely N-dealkylation sites (tertiary alicyclic amines) is 1. The van der Waals surface area contributed by atoms with Gasteiger partial charge in [0.15, 0.2) is 17.3 Å². The van der Waals surface area contributed by atoms with Gasteiger partial charge in [0.25, 0.3) is 5.91 Å². The first-order valence-corrected chi connectivity index (χ1v) is 10.3. The summed E-state index contributed by atoms with van der Waals surface area (Å²) in [5.41, 5.74) is 1.69. The number of benzene rings is 1. The molecule has 0 N–H and O–H groups in total. The summed E-state index contributed by atoms with van der Waals surface area (Å²) < 4.78 is 5.52. The number of carbonyl (C=O) groups is 1. The second-order valence-corrected chi connectivity index (χ2v) is 7.86. The van der Waals surface area contributed by atoms with Gasteiger partial charge in [-0.15, -0.1) is 0 Å². The van der Waals surface area contributed by atoms with Crippen molar-refractivity contribution in [2.75, 3.05) is 32.7 Å². The van der Waals surface area contributed by atoms with Gasteiger partial charge in [-0.05, 0) is 49.9 Å². The Balaban J connectivity index is 1.25. The summed E-state index contributed by atoms with van der Waals surface area (Å²) in [6.07, 6.45) is 4.05. The molecular formula is C22H28N4O3. The van der Waals surface area contributed by atoms with Crippen LogP contribution in [0.4, 0.5) is 0 Å². The standard InChI is InChI=1S/C22H28N4O3/c1-16-24-21-20(28-16)9-12-26(22(21)27)14-13-25-10-7-17(8-11-25)15-18-5-3-4-6-19(18)29-23-2/h3-6,17H,2,7-15H2,1H3. The molecule has 0 aliphatic carbocycles. The number of rotatable bonds is 7. The second-order valence-electron chi connectivity index (χ2n) is 7.86. The van der Waals surface area contributed by atoms with E-state index in [2.05, 4.69) is 27.8 Å². The Bertz CT molecular complexity index is 871. The lowest BCUT2D eigenvalue weighted by Crippen LogP contribution is -2.44. The SMILES string of the molecule is C=NOc1ccccc1CC1CCN(CCN2CCc3oc(C)nc3C2=O)CC1. The first kappa shape index (κ1) is 19.6. The van der Waals surface area contributed by atoms with Gasteiger partial charge in [0, 0.05) is 39.7 Å². The summed E-state index contributed by atoms with van der Waals surface area (Å²) >= 11 is 0. The highest BCUT2D eigenvalue weighted by Crippen LogP contribution is 2.27. The molecular weight excluding hydrogens is 368 g/mol. The molecule has 4 rings (SSSR count). The minimum atomic E-state index is 0.00502. The van der Waals surface area contributed by atoms with Crippen LogP contribution in [0.3, 0.4) is 0 Å². The molecule has 0 spiro atoms.